The number of nitrogens with one attached hydrogen (secondary N) is 2. The highest BCUT2D eigenvalue weighted by molar-refractivity contribution is 7.80. The number of thiocarbonyl (C=S) groups is 1. The Hall–Kier alpha value is -4.81. The molecule has 3 aromatic heterocycles. The third kappa shape index (κ3) is 9.38. The number of urea groups is 1. The summed E-state index contributed by atoms with van der Waals surface area (Å²) in [5.41, 5.74) is 9.49. The Morgan fingerprint density at radius 3 is 2.62 bits per heavy atom. The number of fused-ring (bicyclic) bond motifs is 6. The fourth-order valence-electron chi connectivity index (χ4n) is 10.7. The van der Waals surface area contributed by atoms with Crippen LogP contribution in [0.15, 0.2) is 41.9 Å². The Morgan fingerprint density at radius 2 is 1.91 bits per heavy atom. The first-order chi connectivity index (χ1) is 31.4. The lowest BCUT2D eigenvalue weighted by molar-refractivity contribution is -0.155. The van der Waals surface area contributed by atoms with E-state index in [1.165, 1.54) is 21.2 Å². The van der Waals surface area contributed by atoms with Crippen molar-refractivity contribution < 1.29 is 28.7 Å². The van der Waals surface area contributed by atoms with Crippen molar-refractivity contribution in [1.82, 2.24) is 45.0 Å². The predicted octanol–water partition coefficient (Wildman–Crippen LogP) is 6.49. The number of hydrogen-bond donors (Lipinski definition) is 2. The molecule has 0 radical (unpaired) electrons. The quantitative estimate of drug-likeness (QED) is 0.147. The molecular weight excluding hydrogens is 875 g/mol. The number of aryl methyl sites for hydroxylation is 1. The summed E-state index contributed by atoms with van der Waals surface area (Å²) in [5.74, 6) is -2.54. The zero-order valence-corrected chi connectivity index (χ0v) is 41.4. The van der Waals surface area contributed by atoms with E-state index in [0.717, 1.165) is 64.2 Å². The number of thiazole rings is 1. The fourth-order valence-corrected chi connectivity index (χ4v) is 11.8. The largest absolute Gasteiger partial charge is 0.464 e. The number of ether oxygens (including phenoxy) is 2. The minimum absolute atomic E-state index is 0.0330. The number of aromatic nitrogens is 3. The molecule has 1 spiro atoms. The number of hydrazine groups is 1. The number of likely N-dealkylation sites (tertiary alicyclic amines) is 2. The van der Waals surface area contributed by atoms with Crippen LogP contribution >= 0.6 is 23.6 Å². The summed E-state index contributed by atoms with van der Waals surface area (Å²) < 4.78 is 14.3. The van der Waals surface area contributed by atoms with Gasteiger partial charge in [0.25, 0.3) is 0 Å². The lowest BCUT2D eigenvalue weighted by atomic mass is 9.79. The molecule has 0 unspecified atom stereocenters. The molecule has 4 aromatic rings. The number of nitrogens with zero attached hydrogens (tertiary/aromatic N) is 7. The van der Waals surface area contributed by atoms with Gasteiger partial charge in [-0.05, 0) is 82.3 Å². The Bertz CT molecular complexity index is 2510. The first-order valence-electron chi connectivity index (χ1n) is 23.3. The van der Waals surface area contributed by atoms with E-state index in [0.29, 0.717) is 50.4 Å². The van der Waals surface area contributed by atoms with Crippen molar-refractivity contribution in [2.45, 2.75) is 98.4 Å². The molecule has 7 heterocycles. The number of benzene rings is 1. The van der Waals surface area contributed by atoms with Gasteiger partial charge in [-0.15, -0.1) is 11.3 Å². The number of esters is 1. The van der Waals surface area contributed by atoms with Crippen molar-refractivity contribution in [1.29, 1.82) is 0 Å². The van der Waals surface area contributed by atoms with E-state index in [1.54, 1.807) is 20.4 Å². The third-order valence-electron chi connectivity index (χ3n) is 13.9. The summed E-state index contributed by atoms with van der Waals surface area (Å²) in [7, 11) is 5.44. The number of methoxy groups -OCH3 is 1. The van der Waals surface area contributed by atoms with Crippen LogP contribution in [0.3, 0.4) is 0 Å². The van der Waals surface area contributed by atoms with Crippen molar-refractivity contribution in [3.8, 4) is 22.5 Å². The van der Waals surface area contributed by atoms with E-state index in [1.807, 2.05) is 37.1 Å². The second kappa shape index (κ2) is 19.1. The molecule has 4 aliphatic heterocycles. The average Bonchev–Trinajstić information content (AvgIpc) is 4.02. The lowest BCUT2D eigenvalue weighted by Crippen LogP contribution is -2.60. The second-order valence-corrected chi connectivity index (χ2v) is 21.4. The van der Waals surface area contributed by atoms with Gasteiger partial charge in [0.15, 0.2) is 0 Å². The molecule has 3 fully saturated rings. The van der Waals surface area contributed by atoms with Crippen LogP contribution in [-0.4, -0.2) is 136 Å². The minimum atomic E-state index is -1.01. The summed E-state index contributed by atoms with van der Waals surface area (Å²) in [4.78, 5) is 72.4. The molecular formula is C49H65N9O6S2. The molecule has 6 bridgehead atoms. The van der Waals surface area contributed by atoms with Crippen LogP contribution in [0.2, 0.25) is 0 Å². The van der Waals surface area contributed by atoms with Crippen molar-refractivity contribution in [2.75, 3.05) is 60.5 Å². The van der Waals surface area contributed by atoms with Crippen LogP contribution in [0.25, 0.3) is 33.4 Å². The van der Waals surface area contributed by atoms with E-state index in [4.69, 9.17) is 31.7 Å². The van der Waals surface area contributed by atoms with Gasteiger partial charge < -0.3 is 34.1 Å². The fraction of sp³-hybridized carbons (Fsp3) is 0.571. The van der Waals surface area contributed by atoms with Gasteiger partial charge in [-0.25, -0.2) is 15.2 Å². The van der Waals surface area contributed by atoms with E-state index < -0.39 is 35.3 Å². The number of hydrogen-bond acceptors (Lipinski definition) is 12. The number of rotatable bonds is 8. The molecule has 15 nitrogen and oxygen atoms in total. The maximum Gasteiger partial charge on any atom is 0.324 e. The van der Waals surface area contributed by atoms with Crippen molar-refractivity contribution in [2.24, 2.45) is 22.7 Å². The Labute approximate surface area is 397 Å². The highest BCUT2D eigenvalue weighted by Gasteiger charge is 2.48. The third-order valence-corrected chi connectivity index (χ3v) is 15.2. The van der Waals surface area contributed by atoms with Gasteiger partial charge in [-0.3, -0.25) is 24.4 Å². The molecule has 2 N–H and O–H groups in total. The summed E-state index contributed by atoms with van der Waals surface area (Å²) >= 11 is 7.42. The van der Waals surface area contributed by atoms with E-state index in [-0.39, 0.29) is 47.4 Å². The molecule has 17 heteroatoms. The second-order valence-electron chi connectivity index (χ2n) is 20.0. The number of carbonyl (C=O) groups excluding carboxylic acids is 4. The van der Waals surface area contributed by atoms with Crippen molar-refractivity contribution in [3.63, 3.8) is 0 Å². The van der Waals surface area contributed by atoms with Crippen molar-refractivity contribution >= 4 is 63.3 Å². The van der Waals surface area contributed by atoms with Crippen LogP contribution in [-0.2, 0) is 43.2 Å². The normalized spacial score (nSPS) is 21.9. The monoisotopic (exact) mass is 939 g/mol. The van der Waals surface area contributed by atoms with Crippen LogP contribution in [0.5, 0.6) is 0 Å². The molecule has 4 amide bonds. The number of amides is 4. The molecule has 354 valence electrons. The lowest BCUT2D eigenvalue weighted by Gasteiger charge is -2.46. The molecule has 0 aliphatic carbocycles. The standard InChI is InChI=1S/C49H65N9O6S2/c1-10-57-38-16-15-31-21-33(38)35(42(57)32-13-11-18-50-40(32)30(4)63-9)23-48(5,6)28-64-46(61)36-14-12-19-58(53-36)45(60)34(22-39-51-37(31)24-66-39)44(65)52-43(59)41(29(2)3)55(8)47(62)56-20-17-49(27-56)25-54(7)26-49/h11,13,15-16,18,21,24,29-30,34,36,41,53H,10,12,14,17,19-20,22-23,25-28H2,1-9H3,(H,52,59,65)/t30-,34+,36-,41-/m0/s1. The van der Waals surface area contributed by atoms with Gasteiger partial charge in [0, 0.05) is 104 Å². The summed E-state index contributed by atoms with van der Waals surface area (Å²) in [5, 5.41) is 8.08. The van der Waals surface area contributed by atoms with Crippen molar-refractivity contribution in [3.05, 3.63) is 58.2 Å². The molecule has 3 saturated heterocycles. The highest BCUT2D eigenvalue weighted by atomic mass is 32.1. The number of pyridine rings is 1. The minimum Gasteiger partial charge on any atom is -0.464 e. The summed E-state index contributed by atoms with van der Waals surface area (Å²) in [6.45, 7) is 16.5. The molecule has 1 aromatic carbocycles. The van der Waals surface area contributed by atoms with Gasteiger partial charge in [0.05, 0.1) is 45.7 Å². The summed E-state index contributed by atoms with van der Waals surface area (Å²) in [6, 6.07) is 8.65. The van der Waals surface area contributed by atoms with E-state index in [9.17, 15) is 19.2 Å². The van der Waals surface area contributed by atoms with Gasteiger partial charge >= 0.3 is 12.0 Å². The SMILES string of the molecule is CCn1c(-c2cccnc2[C@H](C)OC)c2c3cc(ccc31)-c1csc(n1)C[C@H](C(=S)NC(=O)[C@H](C(C)C)N(C)C(=O)N1CCC3(CN(C)C3)C1)C(=O)N1CCC[C@H](N1)C(=O)OCC(C)(C)C2. The van der Waals surface area contributed by atoms with Crippen LogP contribution in [0, 0.1) is 22.7 Å². The van der Waals surface area contributed by atoms with Gasteiger partial charge in [-0.1, -0.05) is 46.0 Å². The molecule has 66 heavy (non-hydrogen) atoms. The number of carbonyl (C=O) groups is 4. The van der Waals surface area contributed by atoms with Crippen LogP contribution < -0.4 is 10.7 Å². The maximum atomic E-state index is 14.7. The Morgan fingerprint density at radius 1 is 1.14 bits per heavy atom. The van der Waals surface area contributed by atoms with Crippen LogP contribution in [0.1, 0.15) is 83.2 Å². The van der Waals surface area contributed by atoms with Crippen LogP contribution in [0.4, 0.5) is 4.79 Å². The first kappa shape index (κ1) is 47.7. The zero-order valence-electron chi connectivity index (χ0n) is 39.8. The number of cyclic esters (lactones) is 1. The molecule has 0 saturated carbocycles. The molecule has 8 rings (SSSR count). The van der Waals surface area contributed by atoms with Gasteiger partial charge in [0.2, 0.25) is 11.8 Å². The van der Waals surface area contributed by atoms with E-state index >= 15 is 0 Å². The molecule has 4 atom stereocenters. The Kier molecular flexibility index (Phi) is 13.8. The first-order valence-corrected chi connectivity index (χ1v) is 24.6. The van der Waals surface area contributed by atoms with Gasteiger partial charge in [0.1, 0.15) is 12.1 Å². The predicted molar refractivity (Wildman–Crippen MR) is 260 cm³/mol. The summed E-state index contributed by atoms with van der Waals surface area (Å²) in [6.07, 6.45) is 4.22. The molecule has 4 aliphatic rings. The Balaban J connectivity index is 1.14. The smallest absolute Gasteiger partial charge is 0.324 e. The van der Waals surface area contributed by atoms with Gasteiger partial charge in [-0.2, -0.15) is 0 Å². The average molecular weight is 940 g/mol. The maximum absolute atomic E-state index is 14.7. The topological polar surface area (TPSA) is 154 Å². The van der Waals surface area contributed by atoms with E-state index in [2.05, 4.69) is 72.3 Å². The highest BCUT2D eigenvalue weighted by Crippen LogP contribution is 2.43. The zero-order chi connectivity index (χ0) is 47.2. The number of likely N-dealkylation sites (N-methyl/N-ethyl adjacent to an activating group) is 1.